The highest BCUT2D eigenvalue weighted by molar-refractivity contribution is 5.57. The second-order valence-electron chi connectivity index (χ2n) is 3.55. The summed E-state index contributed by atoms with van der Waals surface area (Å²) < 4.78 is 12.4. The fourth-order valence-corrected chi connectivity index (χ4v) is 1.58. The van der Waals surface area contributed by atoms with Crippen LogP contribution in [0.3, 0.4) is 0 Å². The molecule has 2 rings (SSSR count). The summed E-state index contributed by atoms with van der Waals surface area (Å²) >= 11 is 0. The van der Waals surface area contributed by atoms with Crippen LogP contribution in [0.5, 0.6) is 5.88 Å². The molecule has 0 aliphatic rings. The Labute approximate surface area is 106 Å². The van der Waals surface area contributed by atoms with Gasteiger partial charge < -0.3 is 14.0 Å². The van der Waals surface area contributed by atoms with Crippen molar-refractivity contribution in [3.63, 3.8) is 0 Å². The van der Waals surface area contributed by atoms with Gasteiger partial charge in [-0.2, -0.15) is 0 Å². The number of ether oxygens (including phenoxy) is 2. The highest BCUT2D eigenvalue weighted by Gasteiger charge is 2.10. The van der Waals surface area contributed by atoms with E-state index in [1.807, 2.05) is 29.8 Å². The Bertz CT molecular complexity index is 535. The maximum absolute atomic E-state index is 5.33. The average Bonchev–Trinajstić information content (AvgIpc) is 2.92. The molecule has 0 saturated heterocycles. The second kappa shape index (κ2) is 5.35. The molecule has 0 aliphatic heterocycles. The van der Waals surface area contributed by atoms with E-state index < -0.39 is 0 Å². The van der Waals surface area contributed by atoms with Crippen LogP contribution in [0.25, 0.3) is 11.4 Å². The number of nitrogens with zero attached hydrogens (tertiary/aromatic N) is 3. The van der Waals surface area contributed by atoms with Gasteiger partial charge in [0.2, 0.25) is 5.88 Å². The van der Waals surface area contributed by atoms with Gasteiger partial charge in [-0.3, -0.25) is 0 Å². The lowest BCUT2D eigenvalue weighted by Gasteiger charge is -2.11. The standard InChI is InChI=1S/C13H15N3O2/c1-4-18-10(2)11-5-6-12(13(15-11)17-3)16-8-7-14-9-16/h5-9H,2,4H2,1,3H3. The molecule has 5 nitrogen and oxygen atoms in total. The van der Waals surface area contributed by atoms with Crippen LogP contribution < -0.4 is 4.74 Å². The number of rotatable bonds is 5. The first-order valence-electron chi connectivity index (χ1n) is 5.61. The van der Waals surface area contributed by atoms with Gasteiger partial charge in [0, 0.05) is 12.4 Å². The molecule has 94 valence electrons. The fraction of sp³-hybridized carbons (Fsp3) is 0.231. The van der Waals surface area contributed by atoms with E-state index in [1.54, 1.807) is 19.6 Å². The van der Waals surface area contributed by atoms with E-state index in [2.05, 4.69) is 16.5 Å². The normalized spacial score (nSPS) is 10.1. The predicted octanol–water partition coefficient (Wildman–Crippen LogP) is 2.28. The summed E-state index contributed by atoms with van der Waals surface area (Å²) in [5.74, 6) is 1.04. The van der Waals surface area contributed by atoms with Gasteiger partial charge in [-0.15, -0.1) is 0 Å². The third-order valence-corrected chi connectivity index (χ3v) is 2.42. The van der Waals surface area contributed by atoms with Gasteiger partial charge in [0.15, 0.2) is 0 Å². The van der Waals surface area contributed by atoms with Gasteiger partial charge in [-0.25, -0.2) is 9.97 Å². The maximum atomic E-state index is 5.33. The first-order chi connectivity index (χ1) is 8.76. The Morgan fingerprint density at radius 2 is 2.28 bits per heavy atom. The molecular weight excluding hydrogens is 230 g/mol. The Morgan fingerprint density at radius 3 is 2.89 bits per heavy atom. The van der Waals surface area contributed by atoms with Gasteiger partial charge in [-0.05, 0) is 19.1 Å². The molecule has 0 spiro atoms. The quantitative estimate of drug-likeness (QED) is 0.758. The number of hydrogen-bond acceptors (Lipinski definition) is 4. The highest BCUT2D eigenvalue weighted by atomic mass is 16.5. The van der Waals surface area contributed by atoms with E-state index >= 15 is 0 Å². The van der Waals surface area contributed by atoms with Gasteiger partial charge in [-0.1, -0.05) is 6.58 Å². The molecule has 2 heterocycles. The zero-order valence-corrected chi connectivity index (χ0v) is 10.5. The molecule has 2 aromatic heterocycles. The van der Waals surface area contributed by atoms with E-state index in [0.29, 0.717) is 23.9 Å². The van der Waals surface area contributed by atoms with Crippen molar-refractivity contribution in [3.8, 4) is 11.6 Å². The van der Waals surface area contributed by atoms with Crippen molar-refractivity contribution >= 4 is 5.76 Å². The van der Waals surface area contributed by atoms with Crippen molar-refractivity contribution in [1.82, 2.24) is 14.5 Å². The van der Waals surface area contributed by atoms with Crippen molar-refractivity contribution in [3.05, 3.63) is 43.1 Å². The van der Waals surface area contributed by atoms with Crippen LogP contribution in [-0.4, -0.2) is 28.3 Å². The van der Waals surface area contributed by atoms with Crippen LogP contribution in [-0.2, 0) is 4.74 Å². The first-order valence-corrected chi connectivity index (χ1v) is 5.61. The van der Waals surface area contributed by atoms with E-state index in [9.17, 15) is 0 Å². The maximum Gasteiger partial charge on any atom is 0.238 e. The monoisotopic (exact) mass is 245 g/mol. The molecular formula is C13H15N3O2. The van der Waals surface area contributed by atoms with Crippen LogP contribution in [0.1, 0.15) is 12.6 Å². The Kier molecular flexibility index (Phi) is 3.62. The van der Waals surface area contributed by atoms with Crippen LogP contribution in [0.15, 0.2) is 37.4 Å². The summed E-state index contributed by atoms with van der Waals surface area (Å²) in [6, 6.07) is 3.74. The number of methoxy groups -OCH3 is 1. The van der Waals surface area contributed by atoms with Gasteiger partial charge in [0.05, 0.1) is 20.0 Å². The zero-order chi connectivity index (χ0) is 13.0. The molecule has 0 atom stereocenters. The molecule has 0 bridgehead atoms. The zero-order valence-electron chi connectivity index (χ0n) is 10.5. The van der Waals surface area contributed by atoms with Crippen molar-refractivity contribution in [2.24, 2.45) is 0 Å². The lowest BCUT2D eigenvalue weighted by molar-refractivity contribution is 0.297. The predicted molar refractivity (Wildman–Crippen MR) is 68.6 cm³/mol. The Morgan fingerprint density at radius 1 is 1.44 bits per heavy atom. The molecule has 5 heteroatoms. The molecule has 18 heavy (non-hydrogen) atoms. The summed E-state index contributed by atoms with van der Waals surface area (Å²) in [4.78, 5) is 8.37. The molecule has 0 fully saturated rings. The first kappa shape index (κ1) is 12.2. The van der Waals surface area contributed by atoms with Crippen LogP contribution >= 0.6 is 0 Å². The summed E-state index contributed by atoms with van der Waals surface area (Å²) in [5, 5.41) is 0. The minimum Gasteiger partial charge on any atom is -0.492 e. The summed E-state index contributed by atoms with van der Waals surface area (Å²) in [7, 11) is 1.58. The van der Waals surface area contributed by atoms with Gasteiger partial charge >= 0.3 is 0 Å². The fourth-order valence-electron chi connectivity index (χ4n) is 1.58. The van der Waals surface area contributed by atoms with Crippen molar-refractivity contribution < 1.29 is 9.47 Å². The SMILES string of the molecule is C=C(OCC)c1ccc(-n2ccnc2)c(OC)n1. The van der Waals surface area contributed by atoms with Gasteiger partial charge in [0.25, 0.3) is 0 Å². The van der Waals surface area contributed by atoms with Crippen LogP contribution in [0.4, 0.5) is 0 Å². The molecule has 0 amide bonds. The van der Waals surface area contributed by atoms with Crippen molar-refractivity contribution in [1.29, 1.82) is 0 Å². The summed E-state index contributed by atoms with van der Waals surface area (Å²) in [6.45, 7) is 6.29. The number of aromatic nitrogens is 3. The number of pyridine rings is 1. The average molecular weight is 245 g/mol. The summed E-state index contributed by atoms with van der Waals surface area (Å²) in [5.41, 5.74) is 1.49. The lowest BCUT2D eigenvalue weighted by Crippen LogP contribution is -2.01. The molecule has 0 saturated carbocycles. The van der Waals surface area contributed by atoms with E-state index in [1.165, 1.54) is 0 Å². The van der Waals surface area contributed by atoms with Crippen LogP contribution in [0, 0.1) is 0 Å². The Balaban J connectivity index is 2.38. The molecule has 2 aromatic rings. The van der Waals surface area contributed by atoms with Gasteiger partial charge in [0.1, 0.15) is 17.1 Å². The van der Waals surface area contributed by atoms with Crippen LogP contribution in [0.2, 0.25) is 0 Å². The molecule has 0 N–H and O–H groups in total. The molecule has 0 aliphatic carbocycles. The minimum absolute atomic E-state index is 0.506. The second-order valence-corrected chi connectivity index (χ2v) is 3.55. The highest BCUT2D eigenvalue weighted by Crippen LogP contribution is 2.23. The Hall–Kier alpha value is -2.30. The van der Waals surface area contributed by atoms with Crippen molar-refractivity contribution in [2.75, 3.05) is 13.7 Å². The van der Waals surface area contributed by atoms with Crippen molar-refractivity contribution in [2.45, 2.75) is 6.92 Å². The topological polar surface area (TPSA) is 49.2 Å². The van der Waals surface area contributed by atoms with E-state index in [0.717, 1.165) is 5.69 Å². The minimum atomic E-state index is 0.506. The largest absolute Gasteiger partial charge is 0.492 e. The lowest BCUT2D eigenvalue weighted by atomic mass is 10.3. The molecule has 0 aromatic carbocycles. The smallest absolute Gasteiger partial charge is 0.238 e. The third-order valence-electron chi connectivity index (χ3n) is 2.42. The number of hydrogen-bond donors (Lipinski definition) is 0. The van der Waals surface area contributed by atoms with E-state index in [4.69, 9.17) is 9.47 Å². The van der Waals surface area contributed by atoms with E-state index in [-0.39, 0.29) is 0 Å². The molecule has 0 unspecified atom stereocenters. The summed E-state index contributed by atoms with van der Waals surface area (Å²) in [6.07, 6.45) is 5.22. The third kappa shape index (κ3) is 2.34. The number of imidazole rings is 1. The molecule has 0 radical (unpaired) electrons.